The van der Waals surface area contributed by atoms with Crippen molar-refractivity contribution in [3.05, 3.63) is 95.6 Å². The third kappa shape index (κ3) is 11.3. The van der Waals surface area contributed by atoms with Crippen molar-refractivity contribution in [3.63, 3.8) is 0 Å². The van der Waals surface area contributed by atoms with Gasteiger partial charge in [-0.15, -0.1) is 0 Å². The zero-order valence-electron chi connectivity index (χ0n) is 32.5. The molecule has 2 unspecified atom stereocenters. The number of hydrogen-bond acceptors (Lipinski definition) is 13. The minimum absolute atomic E-state index is 0.0174. The van der Waals surface area contributed by atoms with Crippen molar-refractivity contribution in [2.75, 3.05) is 27.3 Å². The van der Waals surface area contributed by atoms with Crippen LogP contribution >= 0.6 is 0 Å². The number of nitrogens with zero attached hydrogens (tertiary/aromatic N) is 1. The molecule has 2 aliphatic rings. The summed E-state index contributed by atoms with van der Waals surface area (Å²) in [5.74, 6) is -7.02. The van der Waals surface area contributed by atoms with Gasteiger partial charge < -0.3 is 49.2 Å². The predicted octanol–water partition coefficient (Wildman–Crippen LogP) is 3.55. The first-order chi connectivity index (χ1) is 27.4. The average Bonchev–Trinajstić information content (AvgIpc) is 3.74. The Bertz CT molecular complexity index is 1980. The van der Waals surface area contributed by atoms with E-state index in [-0.39, 0.29) is 48.6 Å². The standard InChI is InChI=1S/C27H31NO8.C14H15NO7/c1-27(2,3)36-22(29)15-19-21(35-20-14-10-9-13-18(20)25(31)33-4)16-28(23(19)26(32)34-5)24(30)17-11-7-6-8-12-17;16-11(17)5-8-10(6-15-12(8)14(20)21)22-9-4-2-1-3-7(9)13(18)19/h6-14,19,21,23H,15-16H2,1-5H3;1-4,8,10,12,15H,5-6H2,(H,16,17)(H,18,19)(H,20,21)/t19-,21?,23-;8-,10?,12-/m00/s1. The molecule has 6 atom stereocenters. The largest absolute Gasteiger partial charge is 0.488 e. The van der Waals surface area contributed by atoms with E-state index in [1.807, 2.05) is 0 Å². The maximum atomic E-state index is 13.4. The van der Waals surface area contributed by atoms with Gasteiger partial charge in [-0.2, -0.15) is 0 Å². The number of esters is 3. The molecule has 1 amide bonds. The minimum Gasteiger partial charge on any atom is -0.488 e. The number of carbonyl (C=O) groups excluding carboxylic acids is 4. The van der Waals surface area contributed by atoms with Crippen molar-refractivity contribution in [3.8, 4) is 11.5 Å². The summed E-state index contributed by atoms with van der Waals surface area (Å²) in [6.45, 7) is 5.33. The SMILES string of the molecule is COC(=O)c1ccccc1OC1CN(C(=O)c2ccccc2)[C@H](C(=O)OC)[C@H]1CC(=O)OC(C)(C)C.O=C(O)C[C@H]1C(Oc2ccccc2C(=O)O)CN[C@@H]1C(=O)O. The normalized spacial score (nSPS) is 21.1. The van der Waals surface area contributed by atoms with Gasteiger partial charge in [0.25, 0.3) is 5.91 Å². The smallest absolute Gasteiger partial charge is 0.341 e. The number of methoxy groups -OCH3 is 2. The van der Waals surface area contributed by atoms with Gasteiger partial charge in [0.1, 0.15) is 52.5 Å². The van der Waals surface area contributed by atoms with Crippen LogP contribution in [0.3, 0.4) is 0 Å². The molecular formula is C41H46N2O15. The molecule has 2 saturated heterocycles. The lowest BCUT2D eigenvalue weighted by Gasteiger charge is -2.27. The van der Waals surface area contributed by atoms with Crippen LogP contribution in [0.15, 0.2) is 78.9 Å². The monoisotopic (exact) mass is 806 g/mol. The molecule has 58 heavy (non-hydrogen) atoms. The van der Waals surface area contributed by atoms with Crippen LogP contribution in [0, 0.1) is 11.8 Å². The van der Waals surface area contributed by atoms with Gasteiger partial charge >= 0.3 is 35.8 Å². The van der Waals surface area contributed by atoms with Gasteiger partial charge in [0.15, 0.2) is 0 Å². The number of nitrogens with one attached hydrogen (secondary N) is 1. The fourth-order valence-electron chi connectivity index (χ4n) is 6.73. The molecule has 310 valence electrons. The van der Waals surface area contributed by atoms with E-state index in [1.54, 1.807) is 81.4 Å². The van der Waals surface area contributed by atoms with Gasteiger partial charge in [-0.25, -0.2) is 14.4 Å². The number of aromatic carboxylic acids is 1. The molecule has 3 aromatic carbocycles. The number of carboxylic acid groups (broad SMARTS) is 3. The second kappa shape index (κ2) is 19.6. The molecule has 5 rings (SSSR count). The highest BCUT2D eigenvalue weighted by Crippen LogP contribution is 2.35. The molecule has 0 saturated carbocycles. The summed E-state index contributed by atoms with van der Waals surface area (Å²) in [6, 6.07) is 18.8. The van der Waals surface area contributed by atoms with Crippen LogP contribution in [0.25, 0.3) is 0 Å². The third-order valence-electron chi connectivity index (χ3n) is 9.23. The second-order valence-corrected chi connectivity index (χ2v) is 14.3. The highest BCUT2D eigenvalue weighted by molar-refractivity contribution is 5.97. The van der Waals surface area contributed by atoms with Crippen molar-refractivity contribution in [2.45, 2.75) is 63.5 Å². The number of carbonyl (C=O) groups is 7. The van der Waals surface area contributed by atoms with E-state index in [1.165, 1.54) is 37.3 Å². The fraction of sp³-hybridized carbons (Fsp3) is 0.390. The molecule has 0 spiro atoms. The lowest BCUT2D eigenvalue weighted by Crippen LogP contribution is -2.44. The molecular weight excluding hydrogens is 760 g/mol. The van der Waals surface area contributed by atoms with Crippen molar-refractivity contribution in [1.29, 1.82) is 0 Å². The summed E-state index contributed by atoms with van der Waals surface area (Å²) in [7, 11) is 2.48. The van der Waals surface area contributed by atoms with E-state index in [9.17, 15) is 33.6 Å². The first-order valence-electron chi connectivity index (χ1n) is 18.1. The Morgan fingerprint density at radius 2 is 1.29 bits per heavy atom. The van der Waals surface area contributed by atoms with Crippen molar-refractivity contribution in [2.24, 2.45) is 11.8 Å². The van der Waals surface area contributed by atoms with Gasteiger partial charge in [-0.1, -0.05) is 42.5 Å². The van der Waals surface area contributed by atoms with Crippen LogP contribution in [0.2, 0.25) is 0 Å². The molecule has 4 N–H and O–H groups in total. The van der Waals surface area contributed by atoms with E-state index in [4.69, 9.17) is 39.0 Å². The first-order valence-corrected chi connectivity index (χ1v) is 18.1. The summed E-state index contributed by atoms with van der Waals surface area (Å²) < 4.78 is 27.2. The quantitative estimate of drug-likeness (QED) is 0.143. The number of carboxylic acids is 3. The lowest BCUT2D eigenvalue weighted by atomic mass is 9.93. The molecule has 17 heteroatoms. The highest BCUT2D eigenvalue weighted by atomic mass is 16.6. The minimum atomic E-state index is -1.17. The first kappa shape index (κ1) is 44.2. The lowest BCUT2D eigenvalue weighted by molar-refractivity contribution is -0.158. The Kier molecular flexibility index (Phi) is 14.9. The molecule has 0 bridgehead atoms. The summed E-state index contributed by atoms with van der Waals surface area (Å²) in [6.07, 6.45) is -2.15. The van der Waals surface area contributed by atoms with E-state index >= 15 is 0 Å². The van der Waals surface area contributed by atoms with E-state index in [2.05, 4.69) is 5.32 Å². The van der Waals surface area contributed by atoms with Crippen LogP contribution in [-0.2, 0) is 33.4 Å². The van der Waals surface area contributed by atoms with E-state index < -0.39 is 83.5 Å². The summed E-state index contributed by atoms with van der Waals surface area (Å²) in [5, 5.41) is 29.9. The molecule has 3 aromatic rings. The molecule has 17 nitrogen and oxygen atoms in total. The molecule has 2 heterocycles. The number of amides is 1. The van der Waals surface area contributed by atoms with E-state index in [0.717, 1.165) is 0 Å². The number of rotatable bonds is 13. The molecule has 2 fully saturated rings. The Morgan fingerprint density at radius 1 is 0.724 bits per heavy atom. The maximum absolute atomic E-state index is 13.4. The van der Waals surface area contributed by atoms with Crippen LogP contribution < -0.4 is 14.8 Å². The Morgan fingerprint density at radius 3 is 1.84 bits per heavy atom. The van der Waals surface area contributed by atoms with Gasteiger partial charge in [0.2, 0.25) is 0 Å². The van der Waals surface area contributed by atoms with Crippen LogP contribution in [0.1, 0.15) is 64.7 Å². The third-order valence-corrected chi connectivity index (χ3v) is 9.23. The Hall–Kier alpha value is -6.49. The Labute approximate surface area is 333 Å². The number of likely N-dealkylation sites (tertiary alicyclic amines) is 1. The number of aliphatic carboxylic acids is 2. The van der Waals surface area contributed by atoms with Gasteiger partial charge in [-0.05, 0) is 57.2 Å². The topological polar surface area (TPSA) is 242 Å². The van der Waals surface area contributed by atoms with Crippen molar-refractivity contribution in [1.82, 2.24) is 10.2 Å². The van der Waals surface area contributed by atoms with Crippen molar-refractivity contribution < 1.29 is 72.6 Å². The zero-order valence-corrected chi connectivity index (χ0v) is 32.5. The van der Waals surface area contributed by atoms with E-state index in [0.29, 0.717) is 5.56 Å². The zero-order chi connectivity index (χ0) is 42.7. The van der Waals surface area contributed by atoms with Crippen LogP contribution in [0.4, 0.5) is 0 Å². The number of hydrogen-bond donors (Lipinski definition) is 4. The van der Waals surface area contributed by atoms with Crippen LogP contribution in [-0.4, -0.2) is 119 Å². The molecule has 2 aliphatic heterocycles. The fourth-order valence-corrected chi connectivity index (χ4v) is 6.73. The highest BCUT2D eigenvalue weighted by Gasteiger charge is 2.51. The van der Waals surface area contributed by atoms with Gasteiger partial charge in [0.05, 0.1) is 33.6 Å². The van der Waals surface area contributed by atoms with Crippen LogP contribution in [0.5, 0.6) is 11.5 Å². The second-order valence-electron chi connectivity index (χ2n) is 14.3. The molecule has 0 aromatic heterocycles. The summed E-state index contributed by atoms with van der Waals surface area (Å²) in [4.78, 5) is 86.1. The van der Waals surface area contributed by atoms with Gasteiger partial charge in [0, 0.05) is 23.9 Å². The molecule has 0 radical (unpaired) electrons. The number of para-hydroxylation sites is 2. The number of benzene rings is 3. The van der Waals surface area contributed by atoms with Gasteiger partial charge in [-0.3, -0.25) is 19.2 Å². The molecule has 0 aliphatic carbocycles. The number of ether oxygens (including phenoxy) is 5. The predicted molar refractivity (Wildman–Crippen MR) is 202 cm³/mol. The summed E-state index contributed by atoms with van der Waals surface area (Å²) >= 11 is 0. The maximum Gasteiger partial charge on any atom is 0.341 e. The Balaban J connectivity index is 0.000000289. The summed E-state index contributed by atoms with van der Waals surface area (Å²) in [5.41, 5.74) is -0.254. The van der Waals surface area contributed by atoms with Crippen molar-refractivity contribution >= 4 is 41.7 Å². The average molecular weight is 807 g/mol.